The third-order valence-corrected chi connectivity index (χ3v) is 3.74. The van der Waals surface area contributed by atoms with E-state index in [1.165, 1.54) is 6.21 Å². The summed E-state index contributed by atoms with van der Waals surface area (Å²) in [7, 11) is 1.57. The van der Waals surface area contributed by atoms with Gasteiger partial charge in [-0.1, -0.05) is 23.7 Å². The molecular weight excluding hydrogens is 342 g/mol. The first-order chi connectivity index (χ1) is 12.1. The first-order valence-electron chi connectivity index (χ1n) is 7.70. The van der Waals surface area contributed by atoms with E-state index in [4.69, 9.17) is 21.1 Å². The highest BCUT2D eigenvalue weighted by molar-refractivity contribution is 6.35. The molecule has 2 aromatic rings. The fourth-order valence-corrected chi connectivity index (χ4v) is 2.35. The Balaban J connectivity index is 2.29. The number of esters is 1. The highest BCUT2D eigenvalue weighted by atomic mass is 35.5. The summed E-state index contributed by atoms with van der Waals surface area (Å²) < 4.78 is 10.1. The Kier molecular flexibility index (Phi) is 6.71. The maximum Gasteiger partial charge on any atom is 0.322 e. The van der Waals surface area contributed by atoms with Gasteiger partial charge >= 0.3 is 5.97 Å². The van der Waals surface area contributed by atoms with Gasteiger partial charge in [-0.25, -0.2) is 0 Å². The van der Waals surface area contributed by atoms with Crippen molar-refractivity contribution in [3.05, 3.63) is 59.1 Å². The number of hydrogen-bond donors (Lipinski definition) is 0. The summed E-state index contributed by atoms with van der Waals surface area (Å²) in [6, 6.07) is 13.5. The number of carbonyl (C=O) groups excluding carboxylic acids is 2. The van der Waals surface area contributed by atoms with Gasteiger partial charge in [0.05, 0.1) is 24.4 Å². The number of nitrogens with zero attached hydrogens (tertiary/aromatic N) is 1. The van der Waals surface area contributed by atoms with Crippen LogP contribution in [0.1, 0.15) is 17.3 Å². The zero-order valence-electron chi connectivity index (χ0n) is 13.9. The summed E-state index contributed by atoms with van der Waals surface area (Å²) in [6.07, 6.45) is 1.28. The van der Waals surface area contributed by atoms with Gasteiger partial charge < -0.3 is 9.47 Å². The van der Waals surface area contributed by atoms with Crippen LogP contribution in [0.4, 0.5) is 5.69 Å². The summed E-state index contributed by atoms with van der Waals surface area (Å²) in [5.74, 6) is -1.60. The monoisotopic (exact) mass is 359 g/mol. The van der Waals surface area contributed by atoms with Gasteiger partial charge in [-0.15, -0.1) is 0 Å². The smallest absolute Gasteiger partial charge is 0.322 e. The topological polar surface area (TPSA) is 65.0 Å². The van der Waals surface area contributed by atoms with Crippen LogP contribution < -0.4 is 4.74 Å². The Hall–Kier alpha value is -2.66. The molecule has 0 spiro atoms. The second kappa shape index (κ2) is 8.99. The number of Topliss-reactive ketones (excluding diaryl/α,β-unsaturated/α-hetero) is 1. The zero-order chi connectivity index (χ0) is 18.2. The van der Waals surface area contributed by atoms with Gasteiger partial charge in [0.1, 0.15) is 5.75 Å². The maximum absolute atomic E-state index is 12.7. The average Bonchev–Trinajstić information content (AvgIpc) is 2.63. The lowest BCUT2D eigenvalue weighted by Crippen LogP contribution is -2.28. The van der Waals surface area contributed by atoms with Gasteiger partial charge in [0, 0.05) is 11.8 Å². The van der Waals surface area contributed by atoms with Crippen molar-refractivity contribution in [2.75, 3.05) is 13.7 Å². The molecule has 0 bridgehead atoms. The minimum Gasteiger partial charge on any atom is -0.497 e. The predicted molar refractivity (Wildman–Crippen MR) is 97.1 cm³/mol. The van der Waals surface area contributed by atoms with Crippen LogP contribution in [0.15, 0.2) is 53.5 Å². The first-order valence-corrected chi connectivity index (χ1v) is 8.08. The number of aliphatic imine (C=N–C) groups is 1. The molecule has 1 atom stereocenters. The van der Waals surface area contributed by atoms with Crippen molar-refractivity contribution >= 4 is 35.3 Å². The number of ketones is 1. The number of benzene rings is 2. The average molecular weight is 360 g/mol. The van der Waals surface area contributed by atoms with Crippen LogP contribution in [-0.2, 0) is 9.53 Å². The van der Waals surface area contributed by atoms with Gasteiger partial charge in [-0.05, 0) is 43.3 Å². The minimum atomic E-state index is -1.16. The molecule has 0 aliphatic heterocycles. The number of methoxy groups -OCH3 is 1. The third kappa shape index (κ3) is 4.90. The summed E-state index contributed by atoms with van der Waals surface area (Å²) in [6.45, 7) is 1.84. The van der Waals surface area contributed by atoms with Crippen molar-refractivity contribution in [3.8, 4) is 5.75 Å². The van der Waals surface area contributed by atoms with Crippen LogP contribution in [-0.4, -0.2) is 31.7 Å². The van der Waals surface area contributed by atoms with Gasteiger partial charge in [0.25, 0.3) is 0 Å². The lowest BCUT2D eigenvalue weighted by atomic mass is 9.98. The molecule has 130 valence electrons. The summed E-state index contributed by atoms with van der Waals surface area (Å²) >= 11 is 6.06. The number of hydrogen-bond acceptors (Lipinski definition) is 5. The number of carbonyl (C=O) groups is 2. The molecule has 0 N–H and O–H groups in total. The van der Waals surface area contributed by atoms with Crippen molar-refractivity contribution < 1.29 is 19.1 Å². The Morgan fingerprint density at radius 3 is 2.44 bits per heavy atom. The summed E-state index contributed by atoms with van der Waals surface area (Å²) in [5, 5.41) is 0.277. The fourth-order valence-electron chi connectivity index (χ4n) is 2.13. The molecule has 0 aliphatic rings. The standard InChI is InChI=1S/C19H18ClNO4/c1-3-25-19(23)16(18(22)15-6-4-5-7-17(15)20)12-21-13-8-10-14(24-2)11-9-13/h4-12,16H,3H2,1-2H3. The van der Waals surface area contributed by atoms with Crippen LogP contribution in [0, 0.1) is 5.92 Å². The van der Waals surface area contributed by atoms with E-state index in [1.54, 1.807) is 62.6 Å². The van der Waals surface area contributed by atoms with E-state index < -0.39 is 17.7 Å². The molecule has 0 radical (unpaired) electrons. The van der Waals surface area contributed by atoms with E-state index in [1.807, 2.05) is 0 Å². The highest BCUT2D eigenvalue weighted by Crippen LogP contribution is 2.21. The largest absolute Gasteiger partial charge is 0.497 e. The molecular formula is C19H18ClNO4. The normalized spacial score (nSPS) is 12.0. The molecule has 0 saturated carbocycles. The second-order valence-electron chi connectivity index (χ2n) is 5.05. The van der Waals surface area contributed by atoms with Crippen molar-refractivity contribution in [3.63, 3.8) is 0 Å². The Morgan fingerprint density at radius 1 is 1.16 bits per heavy atom. The molecule has 0 aliphatic carbocycles. The van der Waals surface area contributed by atoms with Crippen LogP contribution in [0.5, 0.6) is 5.75 Å². The number of rotatable bonds is 7. The van der Waals surface area contributed by atoms with E-state index in [2.05, 4.69) is 4.99 Å². The number of halogens is 1. The van der Waals surface area contributed by atoms with Crippen molar-refractivity contribution in [1.82, 2.24) is 0 Å². The lowest BCUT2D eigenvalue weighted by molar-refractivity contribution is -0.143. The molecule has 0 fully saturated rings. The molecule has 25 heavy (non-hydrogen) atoms. The fraction of sp³-hybridized carbons (Fsp3) is 0.211. The molecule has 0 amide bonds. The van der Waals surface area contributed by atoms with Gasteiger partial charge in [-0.2, -0.15) is 0 Å². The van der Waals surface area contributed by atoms with Crippen LogP contribution in [0.2, 0.25) is 5.02 Å². The molecule has 2 rings (SSSR count). The van der Waals surface area contributed by atoms with Crippen molar-refractivity contribution in [2.24, 2.45) is 10.9 Å². The minimum absolute atomic E-state index is 0.168. The van der Waals surface area contributed by atoms with Crippen LogP contribution >= 0.6 is 11.6 Å². The van der Waals surface area contributed by atoms with E-state index in [-0.39, 0.29) is 17.2 Å². The molecule has 5 nitrogen and oxygen atoms in total. The Morgan fingerprint density at radius 2 is 1.84 bits per heavy atom. The first kappa shape index (κ1) is 18.7. The third-order valence-electron chi connectivity index (χ3n) is 3.41. The van der Waals surface area contributed by atoms with E-state index >= 15 is 0 Å². The Bertz CT molecular complexity index is 771. The second-order valence-corrected chi connectivity index (χ2v) is 5.46. The Labute approximate surface area is 151 Å². The molecule has 0 aromatic heterocycles. The molecule has 1 unspecified atom stereocenters. The zero-order valence-corrected chi connectivity index (χ0v) is 14.7. The van der Waals surface area contributed by atoms with Crippen molar-refractivity contribution in [1.29, 1.82) is 0 Å². The maximum atomic E-state index is 12.7. The highest BCUT2D eigenvalue weighted by Gasteiger charge is 2.28. The van der Waals surface area contributed by atoms with E-state index in [0.29, 0.717) is 11.4 Å². The lowest BCUT2D eigenvalue weighted by Gasteiger charge is -2.11. The summed E-state index contributed by atoms with van der Waals surface area (Å²) in [4.78, 5) is 29.1. The number of ether oxygens (including phenoxy) is 2. The van der Waals surface area contributed by atoms with Crippen LogP contribution in [0.25, 0.3) is 0 Å². The van der Waals surface area contributed by atoms with E-state index in [9.17, 15) is 9.59 Å². The van der Waals surface area contributed by atoms with Gasteiger partial charge in [-0.3, -0.25) is 14.6 Å². The quantitative estimate of drug-likeness (QED) is 0.323. The SMILES string of the molecule is CCOC(=O)C(C=Nc1ccc(OC)cc1)C(=O)c1ccccc1Cl. The van der Waals surface area contributed by atoms with E-state index in [0.717, 1.165) is 0 Å². The molecule has 0 heterocycles. The van der Waals surface area contributed by atoms with Crippen LogP contribution in [0.3, 0.4) is 0 Å². The molecule has 6 heteroatoms. The van der Waals surface area contributed by atoms with Gasteiger partial charge in [0.2, 0.25) is 0 Å². The summed E-state index contributed by atoms with van der Waals surface area (Å²) in [5.41, 5.74) is 0.838. The molecule has 0 saturated heterocycles. The van der Waals surface area contributed by atoms with Gasteiger partial charge in [0.15, 0.2) is 11.7 Å². The predicted octanol–water partition coefficient (Wildman–Crippen LogP) is 4.11. The molecule has 2 aromatic carbocycles. The van der Waals surface area contributed by atoms with Crippen molar-refractivity contribution in [2.45, 2.75) is 6.92 Å².